The van der Waals surface area contributed by atoms with Crippen LogP contribution in [0.15, 0.2) is 53.6 Å². The van der Waals surface area contributed by atoms with E-state index in [1.807, 2.05) is 84.0 Å². The van der Waals surface area contributed by atoms with Gasteiger partial charge in [-0.05, 0) is 59.9 Å². The maximum atomic E-state index is 12.9. The van der Waals surface area contributed by atoms with E-state index >= 15 is 0 Å². The van der Waals surface area contributed by atoms with Gasteiger partial charge >= 0.3 is 14.5 Å². The minimum absolute atomic E-state index is 0.00346. The zero-order chi connectivity index (χ0) is 33.0. The summed E-state index contributed by atoms with van der Waals surface area (Å²) in [5, 5.41) is 5.06. The number of esters is 1. The molecule has 3 unspecified atom stereocenters. The molecule has 0 bridgehead atoms. The summed E-state index contributed by atoms with van der Waals surface area (Å²) in [5.74, 6) is -0.862. The molecule has 4 heterocycles. The largest absolute Gasteiger partial charge is 0.459 e. The van der Waals surface area contributed by atoms with Crippen LogP contribution in [0.25, 0.3) is 21.9 Å². The molecule has 4 aromatic rings. The van der Waals surface area contributed by atoms with Crippen molar-refractivity contribution in [2.24, 2.45) is 0 Å². The molecule has 246 valence electrons. The van der Waals surface area contributed by atoms with Gasteiger partial charge in [0, 0.05) is 5.39 Å². The number of rotatable bonds is 9. The summed E-state index contributed by atoms with van der Waals surface area (Å²) in [5.41, 5.74) is 4.06. The Bertz CT molecular complexity index is 1820. The fourth-order valence-corrected chi connectivity index (χ4v) is 7.04. The summed E-state index contributed by atoms with van der Waals surface area (Å²) < 4.78 is 39.3. The van der Waals surface area contributed by atoms with Gasteiger partial charge in [-0.3, -0.25) is 19.1 Å². The quantitative estimate of drug-likeness (QED) is 0.173. The number of nitrogens with two attached hydrogens (primary N) is 1. The third-order valence-electron chi connectivity index (χ3n) is 7.62. The summed E-state index contributed by atoms with van der Waals surface area (Å²) in [7, 11) is -1.91. The summed E-state index contributed by atoms with van der Waals surface area (Å²) >= 11 is 0. The van der Waals surface area contributed by atoms with Gasteiger partial charge in [-0.1, -0.05) is 36.4 Å². The van der Waals surface area contributed by atoms with Crippen molar-refractivity contribution in [1.82, 2.24) is 24.6 Å². The van der Waals surface area contributed by atoms with E-state index in [1.165, 1.54) is 6.33 Å². The van der Waals surface area contributed by atoms with E-state index in [9.17, 15) is 9.59 Å². The van der Waals surface area contributed by atoms with Crippen LogP contribution < -0.4 is 20.9 Å². The first-order valence-electron chi connectivity index (χ1n) is 15.0. The topological polar surface area (TPSA) is 174 Å². The molecule has 0 aliphatic carbocycles. The molecule has 0 amide bonds. The van der Waals surface area contributed by atoms with Crippen molar-refractivity contribution >= 4 is 42.4 Å². The van der Waals surface area contributed by atoms with Crippen molar-refractivity contribution in [2.75, 3.05) is 12.3 Å². The second kappa shape index (κ2) is 11.9. The van der Waals surface area contributed by atoms with E-state index in [0.717, 1.165) is 10.8 Å². The lowest BCUT2D eigenvalue weighted by Crippen LogP contribution is -2.42. The van der Waals surface area contributed by atoms with Crippen LogP contribution in [0.3, 0.4) is 0 Å². The number of nitrogens with one attached hydrogen (secondary N) is 2. The van der Waals surface area contributed by atoms with E-state index in [4.69, 9.17) is 33.7 Å². The first-order valence-corrected chi connectivity index (χ1v) is 16.1. The van der Waals surface area contributed by atoms with E-state index in [1.54, 1.807) is 11.5 Å². The van der Waals surface area contributed by atoms with Gasteiger partial charge < -0.3 is 33.7 Å². The van der Waals surface area contributed by atoms with E-state index < -0.39 is 61.5 Å². The molecular formula is C31H39N6O8P. The number of carbonyl (C=O) groups is 1. The number of hydrogen-bond acceptors (Lipinski definition) is 12. The number of nitrogens with zero attached hydrogens (tertiary/aromatic N) is 3. The molecule has 2 saturated heterocycles. The zero-order valence-electron chi connectivity index (χ0n) is 26.8. The van der Waals surface area contributed by atoms with Crippen molar-refractivity contribution in [2.45, 2.75) is 89.9 Å². The molecule has 2 aliphatic heterocycles. The van der Waals surface area contributed by atoms with Crippen molar-refractivity contribution in [3.63, 3.8) is 0 Å². The number of anilines is 1. The molecule has 0 radical (unpaired) electrons. The molecule has 2 fully saturated rings. The Labute approximate surface area is 266 Å². The highest BCUT2D eigenvalue weighted by molar-refractivity contribution is 7.45. The van der Waals surface area contributed by atoms with Crippen LogP contribution >= 0.6 is 8.53 Å². The molecule has 6 atom stereocenters. The maximum Gasteiger partial charge on any atom is 0.323 e. The first-order chi connectivity index (χ1) is 21.6. The lowest BCUT2D eigenvalue weighted by Gasteiger charge is -2.30. The predicted molar refractivity (Wildman–Crippen MR) is 171 cm³/mol. The van der Waals surface area contributed by atoms with Gasteiger partial charge in [0.05, 0.1) is 12.9 Å². The molecule has 15 heteroatoms. The number of fused-ring (bicyclic) bond motifs is 3. The van der Waals surface area contributed by atoms with E-state index in [-0.39, 0.29) is 23.7 Å². The number of hydrogen-bond donors (Lipinski definition) is 3. The van der Waals surface area contributed by atoms with Gasteiger partial charge in [-0.25, -0.2) is 10.1 Å². The van der Waals surface area contributed by atoms with Crippen LogP contribution in [-0.2, 0) is 28.3 Å². The molecule has 6 rings (SSSR count). The molecule has 4 N–H and O–H groups in total. The molecule has 2 aromatic carbocycles. The summed E-state index contributed by atoms with van der Waals surface area (Å²) in [6.45, 7) is 12.6. The number of aromatic nitrogens is 4. The minimum Gasteiger partial charge on any atom is -0.459 e. The summed E-state index contributed by atoms with van der Waals surface area (Å²) in [6.07, 6.45) is -0.585. The van der Waals surface area contributed by atoms with Gasteiger partial charge in [-0.2, -0.15) is 4.98 Å². The maximum absolute atomic E-state index is 12.9. The molecule has 0 saturated carbocycles. The average Bonchev–Trinajstić information content (AvgIpc) is 3.57. The lowest BCUT2D eigenvalue weighted by atomic mass is 9.96. The van der Waals surface area contributed by atoms with Crippen molar-refractivity contribution in [1.29, 1.82) is 0 Å². The average molecular weight is 655 g/mol. The normalized spacial score (nSPS) is 25.4. The van der Waals surface area contributed by atoms with Crippen LogP contribution in [-0.4, -0.2) is 67.3 Å². The second-order valence-corrected chi connectivity index (χ2v) is 14.2. The van der Waals surface area contributed by atoms with Crippen LogP contribution in [0, 0.1) is 0 Å². The molecule has 14 nitrogen and oxygen atoms in total. The van der Waals surface area contributed by atoms with Crippen molar-refractivity contribution in [3.8, 4) is 5.75 Å². The highest BCUT2D eigenvalue weighted by Gasteiger charge is 2.64. The number of carbonyl (C=O) groups excluding carboxylic acids is 1. The van der Waals surface area contributed by atoms with E-state index in [2.05, 4.69) is 20.0 Å². The van der Waals surface area contributed by atoms with Crippen LogP contribution in [0.5, 0.6) is 5.75 Å². The minimum atomic E-state index is -1.91. The highest BCUT2D eigenvalue weighted by Crippen LogP contribution is 2.52. The van der Waals surface area contributed by atoms with Crippen molar-refractivity contribution < 1.29 is 32.8 Å². The number of ether oxygens (including phenoxy) is 4. The molecule has 2 aromatic heterocycles. The van der Waals surface area contributed by atoms with Gasteiger partial charge in [-0.15, -0.1) is 0 Å². The Balaban J connectivity index is 1.28. The Hall–Kier alpha value is -3.65. The third kappa shape index (κ3) is 6.33. The smallest absolute Gasteiger partial charge is 0.323 e. The fraction of sp³-hybridized carbons (Fsp3) is 0.484. The third-order valence-corrected chi connectivity index (χ3v) is 8.97. The fourth-order valence-electron chi connectivity index (χ4n) is 5.82. The number of benzene rings is 2. The number of nitrogen functional groups attached to an aromatic ring is 1. The SMILES string of the molecule is C[C@H](NP(OC[C@H]1O[C@@H](n2cnc3c(=O)[nH]c(N)nc32)C2(C)OC(C)(C)OC12)Oc1cccc2ccccc12)C(=O)OC(C)(C)C. The Morgan fingerprint density at radius 2 is 1.93 bits per heavy atom. The van der Waals surface area contributed by atoms with Crippen LogP contribution in [0.4, 0.5) is 5.95 Å². The van der Waals surface area contributed by atoms with Gasteiger partial charge in [0.1, 0.15) is 35.2 Å². The molecule has 0 spiro atoms. The zero-order valence-corrected chi connectivity index (χ0v) is 27.7. The molecule has 2 aliphatic rings. The number of H-pyrrole nitrogens is 1. The Morgan fingerprint density at radius 1 is 1.20 bits per heavy atom. The van der Waals surface area contributed by atoms with Gasteiger partial charge in [0.2, 0.25) is 5.95 Å². The monoisotopic (exact) mass is 654 g/mol. The highest BCUT2D eigenvalue weighted by atomic mass is 31.2. The Morgan fingerprint density at radius 3 is 2.70 bits per heavy atom. The molecule has 46 heavy (non-hydrogen) atoms. The second-order valence-electron chi connectivity index (χ2n) is 13.0. The predicted octanol–water partition coefficient (Wildman–Crippen LogP) is 4.30. The van der Waals surface area contributed by atoms with Crippen LogP contribution in [0.2, 0.25) is 0 Å². The van der Waals surface area contributed by atoms with Gasteiger partial charge in [0.15, 0.2) is 23.2 Å². The van der Waals surface area contributed by atoms with E-state index in [0.29, 0.717) is 5.75 Å². The number of aromatic amines is 1. The van der Waals surface area contributed by atoms with Gasteiger partial charge in [0.25, 0.3) is 5.56 Å². The Kier molecular flexibility index (Phi) is 8.33. The summed E-state index contributed by atoms with van der Waals surface area (Å²) in [4.78, 5) is 36.4. The first kappa shape index (κ1) is 32.3. The molecular weight excluding hydrogens is 615 g/mol. The standard InChI is InChI=1S/C31H39N6O8P/c1-17(26(39)43-29(2,3)4)36-46(44-20-14-10-12-18-11-8-9-13-19(18)20)40-15-21-23-31(7,45-30(5,6)42-23)27(41-21)37-16-33-22-24(37)34-28(32)35-25(22)38/h8-14,16-17,21,23,27,36H,15H2,1-7H3,(H3,32,34,35,38)/t17-,21+,23?,27+,31?,46?/m0/s1. The van der Waals surface area contributed by atoms with Crippen LogP contribution in [0.1, 0.15) is 54.7 Å². The summed E-state index contributed by atoms with van der Waals surface area (Å²) in [6, 6.07) is 12.8. The van der Waals surface area contributed by atoms with Crippen molar-refractivity contribution in [3.05, 3.63) is 59.1 Å². The number of imidazole rings is 1. The lowest BCUT2D eigenvalue weighted by molar-refractivity contribution is -0.216.